The smallest absolute Gasteiger partial charge is 0.281 e. The molecule has 0 spiro atoms. The number of benzene rings is 1. The minimum Gasteiger partial charge on any atom is -0.332 e. The molecule has 1 aromatic heterocycles. The quantitative estimate of drug-likeness (QED) is 0.811. The van der Waals surface area contributed by atoms with Crippen LogP contribution in [-0.4, -0.2) is 39.9 Å². The van der Waals surface area contributed by atoms with Crippen LogP contribution in [0.15, 0.2) is 29.6 Å². The van der Waals surface area contributed by atoms with Crippen LogP contribution < -0.4 is 5.32 Å². The fourth-order valence-electron chi connectivity index (χ4n) is 2.65. The molecule has 0 aliphatic carbocycles. The Labute approximate surface area is 162 Å². The van der Waals surface area contributed by atoms with Gasteiger partial charge in [-0.05, 0) is 11.0 Å². The van der Waals surface area contributed by atoms with Crippen LogP contribution >= 0.6 is 23.1 Å². The summed E-state index contributed by atoms with van der Waals surface area (Å²) in [4.78, 5) is 29.9. The van der Waals surface area contributed by atoms with Crippen LogP contribution in [0.3, 0.4) is 0 Å². The van der Waals surface area contributed by atoms with Gasteiger partial charge in [0.05, 0.1) is 5.69 Å². The standard InChI is InChI=1S/C19H23N3O2S2/c1-19(2,3)14-6-4-13(5-7-14)15-12-26-17(20-15)21-16(23)8-9-22-10-11-25-18(22)24/h4-7,12H,8-11H2,1-3H3,(H,20,21,23). The first-order valence-corrected chi connectivity index (χ1v) is 10.5. The molecule has 1 N–H and O–H groups in total. The van der Waals surface area contributed by atoms with Crippen LogP contribution in [0.1, 0.15) is 32.8 Å². The highest BCUT2D eigenvalue weighted by Crippen LogP contribution is 2.28. The molecule has 0 radical (unpaired) electrons. The van der Waals surface area contributed by atoms with Crippen LogP contribution in [0, 0.1) is 0 Å². The van der Waals surface area contributed by atoms with E-state index in [4.69, 9.17) is 0 Å². The maximum Gasteiger partial charge on any atom is 0.281 e. The van der Waals surface area contributed by atoms with Gasteiger partial charge in [0.25, 0.3) is 5.24 Å². The molecular formula is C19H23N3O2S2. The number of thioether (sulfide) groups is 1. The molecule has 5 nitrogen and oxygen atoms in total. The molecule has 2 aromatic rings. The van der Waals surface area contributed by atoms with E-state index in [2.05, 4.69) is 55.3 Å². The van der Waals surface area contributed by atoms with Crippen LogP contribution in [0.5, 0.6) is 0 Å². The number of hydrogen-bond acceptors (Lipinski definition) is 5. The first-order valence-electron chi connectivity index (χ1n) is 8.61. The van der Waals surface area contributed by atoms with Crippen molar-refractivity contribution in [3.05, 3.63) is 35.2 Å². The largest absolute Gasteiger partial charge is 0.332 e. The maximum absolute atomic E-state index is 12.1. The minimum atomic E-state index is -0.112. The van der Waals surface area contributed by atoms with Gasteiger partial charge >= 0.3 is 0 Å². The summed E-state index contributed by atoms with van der Waals surface area (Å²) in [6.45, 7) is 7.75. The Morgan fingerprint density at radius 3 is 2.62 bits per heavy atom. The summed E-state index contributed by atoms with van der Waals surface area (Å²) in [6.07, 6.45) is 0.293. The van der Waals surface area contributed by atoms with Crippen molar-refractivity contribution in [2.75, 3.05) is 24.2 Å². The highest BCUT2D eigenvalue weighted by atomic mass is 32.2. The Bertz CT molecular complexity index is 794. The fourth-order valence-corrected chi connectivity index (χ4v) is 4.24. The molecule has 1 saturated heterocycles. The number of carbonyl (C=O) groups is 2. The molecule has 0 saturated carbocycles. The Kier molecular flexibility index (Phi) is 5.67. The lowest BCUT2D eigenvalue weighted by atomic mass is 9.86. The van der Waals surface area contributed by atoms with E-state index in [9.17, 15) is 9.59 Å². The van der Waals surface area contributed by atoms with Crippen molar-refractivity contribution in [2.45, 2.75) is 32.6 Å². The molecule has 2 amide bonds. The van der Waals surface area contributed by atoms with Crippen LogP contribution in [0.25, 0.3) is 11.3 Å². The van der Waals surface area contributed by atoms with Crippen molar-refractivity contribution in [2.24, 2.45) is 0 Å². The lowest BCUT2D eigenvalue weighted by Crippen LogP contribution is -2.27. The summed E-state index contributed by atoms with van der Waals surface area (Å²) in [5, 5.41) is 5.43. The van der Waals surface area contributed by atoms with E-state index in [0.29, 0.717) is 18.1 Å². The average molecular weight is 390 g/mol. The lowest BCUT2D eigenvalue weighted by Gasteiger charge is -2.18. The van der Waals surface area contributed by atoms with Gasteiger partial charge in [-0.25, -0.2) is 4.98 Å². The molecular weight excluding hydrogens is 366 g/mol. The number of aromatic nitrogens is 1. The Hall–Kier alpha value is -1.86. The van der Waals surface area contributed by atoms with Gasteiger partial charge in [-0.2, -0.15) is 0 Å². The number of carbonyl (C=O) groups excluding carboxylic acids is 2. The topological polar surface area (TPSA) is 62.3 Å². The van der Waals surface area contributed by atoms with Crippen molar-refractivity contribution < 1.29 is 9.59 Å². The molecule has 26 heavy (non-hydrogen) atoms. The van der Waals surface area contributed by atoms with Gasteiger partial charge in [0.15, 0.2) is 5.13 Å². The average Bonchev–Trinajstić information content (AvgIpc) is 3.21. The van der Waals surface area contributed by atoms with Crippen molar-refractivity contribution in [3.8, 4) is 11.3 Å². The normalized spacial score (nSPS) is 14.7. The Morgan fingerprint density at radius 1 is 1.27 bits per heavy atom. The van der Waals surface area contributed by atoms with Crippen LogP contribution in [0.4, 0.5) is 9.93 Å². The zero-order valence-electron chi connectivity index (χ0n) is 15.2. The fraction of sp³-hybridized carbons (Fsp3) is 0.421. The summed E-state index contributed by atoms with van der Waals surface area (Å²) < 4.78 is 0. The second-order valence-electron chi connectivity index (χ2n) is 7.26. The molecule has 0 bridgehead atoms. The van der Waals surface area contributed by atoms with Gasteiger partial charge in [0.1, 0.15) is 0 Å². The second-order valence-corrected chi connectivity index (χ2v) is 9.17. The first kappa shape index (κ1) is 18.9. The summed E-state index contributed by atoms with van der Waals surface area (Å²) in [5.41, 5.74) is 3.29. The summed E-state index contributed by atoms with van der Waals surface area (Å²) in [7, 11) is 0. The van der Waals surface area contributed by atoms with Crippen molar-refractivity contribution in [3.63, 3.8) is 0 Å². The third-order valence-corrected chi connectivity index (χ3v) is 5.90. The minimum absolute atomic E-state index is 0.0630. The van der Waals surface area contributed by atoms with E-state index in [0.717, 1.165) is 23.6 Å². The van der Waals surface area contributed by atoms with Crippen molar-refractivity contribution >= 4 is 39.4 Å². The first-order chi connectivity index (χ1) is 12.3. The van der Waals surface area contributed by atoms with Crippen molar-refractivity contribution in [1.29, 1.82) is 0 Å². The number of nitrogens with one attached hydrogen (secondary N) is 1. The van der Waals surface area contributed by atoms with E-state index < -0.39 is 0 Å². The molecule has 2 heterocycles. The zero-order chi connectivity index (χ0) is 18.7. The molecule has 0 unspecified atom stereocenters. The van der Waals surface area contributed by atoms with Gasteiger partial charge in [-0.15, -0.1) is 11.3 Å². The number of hydrogen-bond donors (Lipinski definition) is 1. The van der Waals surface area contributed by atoms with E-state index in [1.54, 1.807) is 4.90 Å². The molecule has 1 aromatic carbocycles. The molecule has 138 valence electrons. The van der Waals surface area contributed by atoms with Crippen LogP contribution in [-0.2, 0) is 10.2 Å². The maximum atomic E-state index is 12.1. The van der Waals surface area contributed by atoms with Crippen LogP contribution in [0.2, 0.25) is 0 Å². The van der Waals surface area contributed by atoms with E-state index >= 15 is 0 Å². The summed E-state index contributed by atoms with van der Waals surface area (Å²) >= 11 is 2.72. The van der Waals surface area contributed by atoms with Gasteiger partial charge < -0.3 is 10.2 Å². The predicted octanol–water partition coefficient (Wildman–Crippen LogP) is 4.61. The van der Waals surface area contributed by atoms with Gasteiger partial charge in [0, 0.05) is 36.2 Å². The molecule has 1 aliphatic rings. The highest BCUT2D eigenvalue weighted by molar-refractivity contribution is 8.13. The number of thiazole rings is 1. The predicted molar refractivity (Wildman–Crippen MR) is 109 cm³/mol. The third kappa shape index (κ3) is 4.65. The number of nitrogens with zero attached hydrogens (tertiary/aromatic N) is 2. The monoisotopic (exact) mass is 389 g/mol. The summed E-state index contributed by atoms with van der Waals surface area (Å²) in [5.74, 6) is 0.697. The number of rotatable bonds is 5. The third-order valence-electron chi connectivity index (χ3n) is 4.25. The SMILES string of the molecule is CC(C)(C)c1ccc(-c2csc(NC(=O)CCN3CCSC3=O)n2)cc1. The second kappa shape index (κ2) is 7.80. The van der Waals surface area contributed by atoms with E-state index in [-0.39, 0.29) is 16.6 Å². The molecule has 7 heteroatoms. The Morgan fingerprint density at radius 2 is 2.00 bits per heavy atom. The summed E-state index contributed by atoms with van der Waals surface area (Å²) in [6, 6.07) is 8.38. The molecule has 0 atom stereocenters. The Balaban J connectivity index is 1.57. The van der Waals surface area contributed by atoms with Gasteiger partial charge in [-0.1, -0.05) is 56.8 Å². The zero-order valence-corrected chi connectivity index (χ0v) is 16.9. The molecule has 3 rings (SSSR count). The van der Waals surface area contributed by atoms with E-state index in [1.165, 1.54) is 28.7 Å². The number of amides is 2. The molecule has 1 fully saturated rings. The van der Waals surface area contributed by atoms with Gasteiger partial charge in [-0.3, -0.25) is 9.59 Å². The highest BCUT2D eigenvalue weighted by Gasteiger charge is 2.21. The van der Waals surface area contributed by atoms with E-state index in [1.807, 2.05) is 5.38 Å². The molecule has 1 aliphatic heterocycles. The number of anilines is 1. The van der Waals surface area contributed by atoms with Gasteiger partial charge in [0.2, 0.25) is 5.91 Å². The lowest BCUT2D eigenvalue weighted by molar-refractivity contribution is -0.116. The van der Waals surface area contributed by atoms with Crippen molar-refractivity contribution in [1.82, 2.24) is 9.88 Å².